The van der Waals surface area contributed by atoms with Crippen molar-refractivity contribution >= 4 is 17.8 Å². The van der Waals surface area contributed by atoms with E-state index in [4.69, 9.17) is 34.2 Å². The van der Waals surface area contributed by atoms with Gasteiger partial charge >= 0.3 is 59.1 Å². The number of ether oxygens (including phenoxy) is 6. The van der Waals surface area contributed by atoms with Gasteiger partial charge in [0.1, 0.15) is 91.5 Å². The van der Waals surface area contributed by atoms with Crippen molar-refractivity contribution in [1.29, 1.82) is 0 Å². The summed E-state index contributed by atoms with van der Waals surface area (Å²) in [5.74, 6) is -5.06. The van der Waals surface area contributed by atoms with Crippen molar-refractivity contribution in [2.24, 2.45) is 5.73 Å². The van der Waals surface area contributed by atoms with Crippen LogP contribution in [0.2, 0.25) is 0 Å². The Morgan fingerprint density at radius 2 is 1.27 bits per heavy atom. The predicted molar refractivity (Wildman–Crippen MR) is 146 cm³/mol. The number of carbonyl (C=O) groups excluding carboxylic acids is 3. The van der Waals surface area contributed by atoms with E-state index in [9.17, 15) is 80.8 Å². The smallest absolute Gasteiger partial charge is 0.547 e. The third-order valence-electron chi connectivity index (χ3n) is 8.23. The number of carbonyl (C=O) groups is 3. The number of aliphatic carboxylic acids is 2. The first-order valence-electron chi connectivity index (χ1n) is 15.0. The summed E-state index contributed by atoms with van der Waals surface area (Å²) >= 11 is 0. The molecule has 3 saturated heterocycles. The van der Waals surface area contributed by atoms with Crippen LogP contribution < -0.4 is 80.4 Å². The maximum absolute atomic E-state index is 12.2. The number of carboxylic acids is 2. The van der Waals surface area contributed by atoms with Gasteiger partial charge in [-0.1, -0.05) is 0 Å². The molecule has 0 aromatic heterocycles. The summed E-state index contributed by atoms with van der Waals surface area (Å²) in [5, 5.41) is 138. The quantitative estimate of drug-likeness (QED) is 0.0686. The Kier molecular flexibility index (Phi) is 20.9. The summed E-state index contributed by atoms with van der Waals surface area (Å²) in [5.41, 5.74) is 5.70. The molecule has 290 valence electrons. The van der Waals surface area contributed by atoms with E-state index in [-0.39, 0.29) is 59.1 Å². The van der Waals surface area contributed by atoms with Crippen LogP contribution in [-0.2, 0) is 42.8 Å². The molecule has 0 radical (unpaired) electrons. The summed E-state index contributed by atoms with van der Waals surface area (Å²) < 4.78 is 32.2. The van der Waals surface area contributed by atoms with Gasteiger partial charge in [0.05, 0.1) is 37.8 Å². The molecule has 3 fully saturated rings. The summed E-state index contributed by atoms with van der Waals surface area (Å²) in [7, 11) is 0. The number of carboxylic acid groups (broad SMARTS) is 2. The zero-order valence-electron chi connectivity index (χ0n) is 28.1. The molecule has 3 aliphatic rings. The average molecular weight is 781 g/mol. The zero-order chi connectivity index (χ0) is 37.8. The first-order chi connectivity index (χ1) is 23.4. The standard InChI is InChI=1S/C26H44N2O22.2Na/c1-5(32)28-9-18(47-25-15(39)12(36)13(37)20(49-25)22(41)42)11(35)8(4-31)45-24(9)48-19-14(38)16(40)26(50-21(19)23(43)44)46-17(6(27)2-29)10(34)7(33)3-30;;/h6-21,24-26,29-31,33-40H,2-4,27H2,1H3,(H,28,32)(H,41,42)(H,43,44);;/q;2*+1/p-2/t6-,7+,8+,9+,10+,11-,12-,13+,14+,15+,16+,17+,18+,19-,20-,21-,24-,25+,26+;;/m0../s1. The van der Waals surface area contributed by atoms with Gasteiger partial charge in [-0.25, -0.2) is 0 Å². The number of amides is 1. The Balaban J connectivity index is 0.00000676. The first-order valence-corrected chi connectivity index (χ1v) is 15.0. The molecule has 0 unspecified atom stereocenters. The molecular weight excluding hydrogens is 738 g/mol. The fourth-order valence-corrected chi connectivity index (χ4v) is 5.51. The van der Waals surface area contributed by atoms with Crippen LogP contribution in [0.3, 0.4) is 0 Å². The van der Waals surface area contributed by atoms with Crippen molar-refractivity contribution in [2.75, 3.05) is 19.8 Å². The van der Waals surface area contributed by atoms with Crippen molar-refractivity contribution in [3.63, 3.8) is 0 Å². The minimum absolute atomic E-state index is 0. The molecule has 0 aromatic rings. The third-order valence-corrected chi connectivity index (χ3v) is 8.23. The first kappa shape index (κ1) is 49.7. The number of aliphatic hydroxyl groups is 11. The van der Waals surface area contributed by atoms with Crippen molar-refractivity contribution in [3.8, 4) is 0 Å². The van der Waals surface area contributed by atoms with Crippen LogP contribution in [0.1, 0.15) is 6.92 Å². The maximum Gasteiger partial charge on any atom is 1.00 e. The second kappa shape index (κ2) is 21.8. The predicted octanol–water partition coefficient (Wildman–Crippen LogP) is -18.5. The minimum atomic E-state index is -2.41. The Morgan fingerprint density at radius 1 is 0.731 bits per heavy atom. The average Bonchev–Trinajstić information content (AvgIpc) is 3.07. The molecule has 24 nitrogen and oxygen atoms in total. The third kappa shape index (κ3) is 11.4. The van der Waals surface area contributed by atoms with Crippen LogP contribution >= 0.6 is 0 Å². The molecule has 0 aromatic carbocycles. The second-order valence-electron chi connectivity index (χ2n) is 11.8. The molecule has 1 amide bonds. The molecular formula is C26H42N2Na2O22. The fraction of sp³-hybridized carbons (Fsp3) is 0.885. The number of aliphatic hydroxyl groups excluding tert-OH is 11. The Labute approximate surface area is 338 Å². The van der Waals surface area contributed by atoms with Gasteiger partial charge in [-0.05, 0) is 0 Å². The Hall–Kier alpha value is -0.310. The van der Waals surface area contributed by atoms with Crippen LogP contribution in [0, 0.1) is 0 Å². The molecule has 3 aliphatic heterocycles. The summed E-state index contributed by atoms with van der Waals surface area (Å²) in [6.45, 7) is -2.02. The Bertz CT molecular complexity index is 1150. The van der Waals surface area contributed by atoms with E-state index in [1.165, 1.54) is 0 Å². The molecule has 3 heterocycles. The fourth-order valence-electron chi connectivity index (χ4n) is 5.51. The molecule has 52 heavy (non-hydrogen) atoms. The van der Waals surface area contributed by atoms with Gasteiger partial charge in [0.25, 0.3) is 0 Å². The van der Waals surface area contributed by atoms with Gasteiger partial charge in [-0.3, -0.25) is 4.79 Å². The topological polar surface area (TPSA) is 413 Å². The molecule has 0 aliphatic carbocycles. The van der Waals surface area contributed by atoms with Gasteiger partial charge in [0.15, 0.2) is 18.9 Å². The molecule has 3 rings (SSSR count). The van der Waals surface area contributed by atoms with Crippen LogP contribution in [-0.4, -0.2) is 210 Å². The zero-order valence-corrected chi connectivity index (χ0v) is 32.1. The molecule has 0 bridgehead atoms. The van der Waals surface area contributed by atoms with Gasteiger partial charge in [0.2, 0.25) is 5.91 Å². The van der Waals surface area contributed by atoms with E-state index in [1.54, 1.807) is 0 Å². The van der Waals surface area contributed by atoms with E-state index in [0.29, 0.717) is 0 Å². The Morgan fingerprint density at radius 3 is 1.77 bits per heavy atom. The van der Waals surface area contributed by atoms with Gasteiger partial charge in [0, 0.05) is 6.92 Å². The molecule has 0 saturated carbocycles. The molecule has 19 atom stereocenters. The van der Waals surface area contributed by atoms with E-state index in [2.05, 4.69) is 5.32 Å². The molecule has 0 spiro atoms. The number of nitrogens with two attached hydrogens (primary N) is 1. The summed E-state index contributed by atoms with van der Waals surface area (Å²) in [6, 6.07) is -3.35. The van der Waals surface area contributed by atoms with Crippen molar-refractivity contribution in [3.05, 3.63) is 0 Å². The summed E-state index contributed by atoms with van der Waals surface area (Å²) in [4.78, 5) is 35.9. The normalized spacial score (nSPS) is 40.2. The van der Waals surface area contributed by atoms with E-state index >= 15 is 0 Å². The van der Waals surface area contributed by atoms with Crippen molar-refractivity contribution in [2.45, 2.75) is 123 Å². The minimum Gasteiger partial charge on any atom is -0.547 e. The largest absolute Gasteiger partial charge is 1.00 e. The van der Waals surface area contributed by atoms with Crippen LogP contribution in [0.15, 0.2) is 0 Å². The number of nitrogens with one attached hydrogen (secondary N) is 1. The molecule has 26 heteroatoms. The van der Waals surface area contributed by atoms with Gasteiger partial charge < -0.3 is 115 Å². The number of hydrogen-bond acceptors (Lipinski definition) is 23. The summed E-state index contributed by atoms with van der Waals surface area (Å²) in [6.07, 6.45) is -36.0. The maximum atomic E-state index is 12.2. The second-order valence-corrected chi connectivity index (χ2v) is 11.8. The van der Waals surface area contributed by atoms with Crippen LogP contribution in [0.25, 0.3) is 0 Å². The SMILES string of the molecule is CC(=O)N[C@H]1[C@H](O[C@H]2[C@H](O)[C@@H](O)[C@H](O[C@@H]([C@H](O)[C@H](O)CO)[C@@H](N)CO)O[C@@H]2C(=O)[O-])O[C@H](CO)[C@H](O)[C@@H]1O[C@@H]1O[C@H](C(=O)[O-])[C@H](O)[C@H](O)[C@H]1O.[Na+].[Na+]. The van der Waals surface area contributed by atoms with E-state index < -0.39 is 154 Å². The number of rotatable bonds is 15. The van der Waals surface area contributed by atoms with E-state index in [0.717, 1.165) is 6.92 Å². The van der Waals surface area contributed by atoms with E-state index in [1.807, 2.05) is 0 Å². The van der Waals surface area contributed by atoms with Crippen molar-refractivity contribution in [1.82, 2.24) is 5.32 Å². The van der Waals surface area contributed by atoms with Crippen molar-refractivity contribution < 1.29 is 168 Å². The van der Waals surface area contributed by atoms with Crippen LogP contribution in [0.4, 0.5) is 0 Å². The van der Waals surface area contributed by atoms with Gasteiger partial charge in [-0.2, -0.15) is 0 Å². The van der Waals surface area contributed by atoms with Gasteiger partial charge in [-0.15, -0.1) is 0 Å². The van der Waals surface area contributed by atoms with Crippen LogP contribution in [0.5, 0.6) is 0 Å². The monoisotopic (exact) mass is 780 g/mol. The number of hydrogen-bond donors (Lipinski definition) is 13. The molecule has 14 N–H and O–H groups in total.